The van der Waals surface area contributed by atoms with E-state index in [-0.39, 0.29) is 11.8 Å². The summed E-state index contributed by atoms with van der Waals surface area (Å²) in [6.45, 7) is -3.32. The van der Waals surface area contributed by atoms with Crippen LogP contribution in [0.15, 0.2) is 12.1 Å². The molecule has 1 aromatic rings. The Morgan fingerprint density at radius 3 is 2.07 bits per heavy atom. The van der Waals surface area contributed by atoms with E-state index < -0.39 is 24.0 Å². The van der Waals surface area contributed by atoms with Gasteiger partial charge in [-0.2, -0.15) is 8.78 Å². The standard InChI is InChI=1S/C8H4F4O2/c9-5-1-4(3-13)2-6(10)7(5)14-8(11)12/h1-3,8H. The molecule has 1 aromatic carbocycles. The summed E-state index contributed by atoms with van der Waals surface area (Å²) >= 11 is 0. The van der Waals surface area contributed by atoms with Crippen molar-refractivity contribution in [2.24, 2.45) is 0 Å². The second-order valence-electron chi connectivity index (χ2n) is 2.31. The third kappa shape index (κ3) is 2.21. The fraction of sp³-hybridized carbons (Fsp3) is 0.125. The van der Waals surface area contributed by atoms with E-state index in [9.17, 15) is 22.4 Å². The van der Waals surface area contributed by atoms with Gasteiger partial charge in [-0.25, -0.2) is 8.78 Å². The Bertz CT molecular complexity index is 328. The van der Waals surface area contributed by atoms with Gasteiger partial charge in [0, 0.05) is 5.56 Å². The van der Waals surface area contributed by atoms with Crippen LogP contribution in [0.5, 0.6) is 5.75 Å². The molecule has 0 saturated carbocycles. The number of hydrogen-bond acceptors (Lipinski definition) is 2. The molecule has 6 heteroatoms. The van der Waals surface area contributed by atoms with Crippen LogP contribution in [0.2, 0.25) is 0 Å². The minimum atomic E-state index is -3.32. The fourth-order valence-electron chi connectivity index (χ4n) is 0.849. The molecular formula is C8H4F4O2. The average molecular weight is 208 g/mol. The molecule has 0 spiro atoms. The molecule has 0 aliphatic carbocycles. The Morgan fingerprint density at radius 2 is 1.71 bits per heavy atom. The highest BCUT2D eigenvalue weighted by molar-refractivity contribution is 5.75. The summed E-state index contributed by atoms with van der Waals surface area (Å²) in [6, 6.07) is 1.21. The first-order valence-electron chi connectivity index (χ1n) is 3.43. The summed E-state index contributed by atoms with van der Waals surface area (Å²) in [5, 5.41) is 0. The van der Waals surface area contributed by atoms with Crippen molar-refractivity contribution in [2.45, 2.75) is 6.61 Å². The Kier molecular flexibility index (Phi) is 3.06. The molecule has 0 aromatic heterocycles. The van der Waals surface area contributed by atoms with Gasteiger partial charge >= 0.3 is 6.61 Å². The zero-order valence-electron chi connectivity index (χ0n) is 6.64. The van der Waals surface area contributed by atoms with E-state index in [4.69, 9.17) is 0 Å². The van der Waals surface area contributed by atoms with Crippen LogP contribution in [0.3, 0.4) is 0 Å². The first kappa shape index (κ1) is 10.5. The van der Waals surface area contributed by atoms with Crippen LogP contribution in [-0.2, 0) is 0 Å². The molecule has 0 N–H and O–H groups in total. The third-order valence-corrected chi connectivity index (χ3v) is 1.36. The van der Waals surface area contributed by atoms with Gasteiger partial charge in [0.25, 0.3) is 0 Å². The molecule has 0 amide bonds. The number of hydrogen-bond donors (Lipinski definition) is 0. The highest BCUT2D eigenvalue weighted by atomic mass is 19.3. The average Bonchev–Trinajstić information content (AvgIpc) is 2.10. The van der Waals surface area contributed by atoms with Crippen LogP contribution in [0.4, 0.5) is 17.6 Å². The highest BCUT2D eigenvalue weighted by Gasteiger charge is 2.16. The Morgan fingerprint density at radius 1 is 1.21 bits per heavy atom. The van der Waals surface area contributed by atoms with E-state index in [2.05, 4.69) is 4.74 Å². The van der Waals surface area contributed by atoms with Crippen LogP contribution in [0.1, 0.15) is 10.4 Å². The highest BCUT2D eigenvalue weighted by Crippen LogP contribution is 2.24. The molecule has 14 heavy (non-hydrogen) atoms. The molecule has 0 saturated heterocycles. The smallest absolute Gasteiger partial charge is 0.387 e. The molecule has 0 heterocycles. The Hall–Kier alpha value is -1.59. The quantitative estimate of drug-likeness (QED) is 0.563. The molecule has 0 atom stereocenters. The predicted molar refractivity (Wildman–Crippen MR) is 38.4 cm³/mol. The van der Waals surface area contributed by atoms with Crippen molar-refractivity contribution in [3.63, 3.8) is 0 Å². The first-order valence-corrected chi connectivity index (χ1v) is 3.43. The largest absolute Gasteiger partial charge is 0.429 e. The van der Waals surface area contributed by atoms with Crippen LogP contribution in [-0.4, -0.2) is 12.9 Å². The minimum Gasteiger partial charge on any atom is -0.429 e. The second kappa shape index (κ2) is 4.08. The normalized spacial score (nSPS) is 10.4. The molecule has 76 valence electrons. The summed E-state index contributed by atoms with van der Waals surface area (Å²) in [5.74, 6) is -3.87. The number of benzene rings is 1. The monoisotopic (exact) mass is 208 g/mol. The van der Waals surface area contributed by atoms with Gasteiger partial charge in [-0.15, -0.1) is 0 Å². The summed E-state index contributed by atoms with van der Waals surface area (Å²) < 4.78 is 52.5. The van der Waals surface area contributed by atoms with Gasteiger partial charge in [-0.3, -0.25) is 4.79 Å². The summed E-state index contributed by atoms with van der Waals surface area (Å²) in [7, 11) is 0. The molecule has 1 rings (SSSR count). The Labute approximate surface area is 76.1 Å². The number of halogens is 4. The van der Waals surface area contributed by atoms with Crippen molar-refractivity contribution in [3.8, 4) is 5.75 Å². The lowest BCUT2D eigenvalue weighted by Gasteiger charge is -2.06. The molecule has 0 aliphatic heterocycles. The Balaban J connectivity index is 3.11. The van der Waals surface area contributed by atoms with E-state index in [0.717, 1.165) is 0 Å². The van der Waals surface area contributed by atoms with Crippen molar-refractivity contribution in [3.05, 3.63) is 29.3 Å². The van der Waals surface area contributed by atoms with E-state index in [1.54, 1.807) is 0 Å². The molecule has 0 aliphatic rings. The van der Waals surface area contributed by atoms with Gasteiger partial charge in [0.1, 0.15) is 6.29 Å². The minimum absolute atomic E-state index is 0.193. The summed E-state index contributed by atoms with van der Waals surface area (Å²) in [4.78, 5) is 10.1. The maximum Gasteiger partial charge on any atom is 0.387 e. The van der Waals surface area contributed by atoms with Gasteiger partial charge in [0.2, 0.25) is 0 Å². The van der Waals surface area contributed by atoms with Crippen molar-refractivity contribution in [2.75, 3.05) is 0 Å². The number of aldehydes is 1. The zero-order chi connectivity index (χ0) is 10.7. The van der Waals surface area contributed by atoms with Gasteiger partial charge in [0.05, 0.1) is 0 Å². The number of alkyl halides is 2. The van der Waals surface area contributed by atoms with E-state index in [0.29, 0.717) is 12.1 Å². The van der Waals surface area contributed by atoms with Crippen LogP contribution < -0.4 is 4.74 Å². The molecule has 0 unspecified atom stereocenters. The lowest BCUT2D eigenvalue weighted by molar-refractivity contribution is -0.0546. The van der Waals surface area contributed by atoms with Crippen LogP contribution >= 0.6 is 0 Å². The molecule has 0 bridgehead atoms. The SMILES string of the molecule is O=Cc1cc(F)c(OC(F)F)c(F)c1. The van der Waals surface area contributed by atoms with Gasteiger partial charge < -0.3 is 4.74 Å². The maximum atomic E-state index is 12.8. The second-order valence-corrected chi connectivity index (χ2v) is 2.31. The predicted octanol–water partition coefficient (Wildman–Crippen LogP) is 2.38. The molecular weight excluding hydrogens is 204 g/mol. The van der Waals surface area contributed by atoms with Crippen molar-refractivity contribution in [1.82, 2.24) is 0 Å². The maximum absolute atomic E-state index is 12.8. The van der Waals surface area contributed by atoms with Crippen molar-refractivity contribution >= 4 is 6.29 Å². The van der Waals surface area contributed by atoms with Crippen molar-refractivity contribution < 1.29 is 27.1 Å². The number of carbonyl (C=O) groups excluding carboxylic acids is 1. The molecule has 0 fully saturated rings. The molecule has 0 radical (unpaired) electrons. The van der Waals surface area contributed by atoms with Gasteiger partial charge in [0.15, 0.2) is 17.4 Å². The van der Waals surface area contributed by atoms with E-state index in [1.807, 2.05) is 0 Å². The lowest BCUT2D eigenvalue weighted by Crippen LogP contribution is -2.06. The van der Waals surface area contributed by atoms with Gasteiger partial charge in [-0.05, 0) is 12.1 Å². The van der Waals surface area contributed by atoms with Gasteiger partial charge in [-0.1, -0.05) is 0 Å². The van der Waals surface area contributed by atoms with E-state index in [1.165, 1.54) is 0 Å². The first-order chi connectivity index (χ1) is 6.54. The third-order valence-electron chi connectivity index (χ3n) is 1.36. The summed E-state index contributed by atoms with van der Waals surface area (Å²) in [5.41, 5.74) is -0.290. The number of ether oxygens (including phenoxy) is 1. The molecule has 2 nitrogen and oxygen atoms in total. The lowest BCUT2D eigenvalue weighted by atomic mass is 10.2. The summed E-state index contributed by atoms with van der Waals surface area (Å²) in [6.07, 6.45) is 0.193. The van der Waals surface area contributed by atoms with Crippen LogP contribution in [0, 0.1) is 11.6 Å². The van der Waals surface area contributed by atoms with Crippen LogP contribution in [0.25, 0.3) is 0 Å². The van der Waals surface area contributed by atoms with E-state index >= 15 is 0 Å². The number of carbonyl (C=O) groups is 1. The number of rotatable bonds is 3. The zero-order valence-corrected chi connectivity index (χ0v) is 6.64. The topological polar surface area (TPSA) is 26.3 Å². The fourth-order valence-corrected chi connectivity index (χ4v) is 0.849. The van der Waals surface area contributed by atoms with Crippen molar-refractivity contribution in [1.29, 1.82) is 0 Å².